The molecule has 0 aliphatic carbocycles. The Balaban J connectivity index is 0.00000110. The van der Waals surface area contributed by atoms with Gasteiger partial charge in [0.2, 0.25) is 0 Å². The summed E-state index contributed by atoms with van der Waals surface area (Å²) in [5.41, 5.74) is 1.27. The van der Waals surface area contributed by atoms with Crippen LogP contribution in [0.25, 0.3) is 0 Å². The lowest BCUT2D eigenvalue weighted by Gasteiger charge is -2.19. The first-order valence-corrected chi connectivity index (χ1v) is 6.58. The summed E-state index contributed by atoms with van der Waals surface area (Å²) in [6.07, 6.45) is -0.438. The third-order valence-corrected chi connectivity index (χ3v) is 2.01. The van der Waals surface area contributed by atoms with Gasteiger partial charge in [0, 0.05) is 13.2 Å². The van der Waals surface area contributed by atoms with Crippen LogP contribution in [0.2, 0.25) is 0 Å². The summed E-state index contributed by atoms with van der Waals surface area (Å²) >= 11 is 0. The molecule has 114 valence electrons. The van der Waals surface area contributed by atoms with Crippen molar-refractivity contribution in [2.45, 2.75) is 46.4 Å². The molecule has 0 bridgehead atoms. The van der Waals surface area contributed by atoms with E-state index in [4.69, 9.17) is 14.9 Å². The van der Waals surface area contributed by atoms with Gasteiger partial charge in [0.05, 0.1) is 6.61 Å². The van der Waals surface area contributed by atoms with Crippen molar-refractivity contribution in [3.05, 3.63) is 35.4 Å². The summed E-state index contributed by atoms with van der Waals surface area (Å²) < 4.78 is 5.12. The molecule has 1 aromatic carbocycles. The molecule has 0 aliphatic heterocycles. The molecule has 1 aromatic rings. The number of benzene rings is 1. The van der Waals surface area contributed by atoms with E-state index in [0.29, 0.717) is 6.54 Å². The molecule has 5 heteroatoms. The molecule has 0 heterocycles. The molecule has 0 aliphatic rings. The highest BCUT2D eigenvalue weighted by atomic mass is 16.6. The maximum absolute atomic E-state index is 11.4. The van der Waals surface area contributed by atoms with E-state index < -0.39 is 11.7 Å². The number of carbonyl (C=O) groups is 1. The molecule has 0 fully saturated rings. The number of ether oxygens (including phenoxy) is 1. The highest BCUT2D eigenvalue weighted by Gasteiger charge is 2.15. The van der Waals surface area contributed by atoms with Crippen molar-refractivity contribution >= 4 is 6.09 Å². The van der Waals surface area contributed by atoms with Gasteiger partial charge in [-0.05, 0) is 38.8 Å². The molecule has 5 nitrogen and oxygen atoms in total. The minimum Gasteiger partial charge on any atom is -0.444 e. The van der Waals surface area contributed by atoms with Crippen molar-refractivity contribution in [3.8, 4) is 0 Å². The van der Waals surface area contributed by atoms with E-state index in [1.165, 1.54) is 0 Å². The number of aliphatic hydroxyl groups excluding tert-OH is 2. The average molecular weight is 283 g/mol. The van der Waals surface area contributed by atoms with Crippen LogP contribution in [0.4, 0.5) is 4.79 Å². The first kappa shape index (κ1) is 18.4. The third kappa shape index (κ3) is 9.35. The second-order valence-electron chi connectivity index (χ2n) is 5.15. The molecule has 0 unspecified atom stereocenters. The maximum Gasteiger partial charge on any atom is 0.407 e. The van der Waals surface area contributed by atoms with E-state index in [1.807, 2.05) is 45.0 Å². The first-order valence-electron chi connectivity index (χ1n) is 6.58. The second-order valence-corrected chi connectivity index (χ2v) is 5.15. The molecular formula is C15H25NO4. The molecule has 0 saturated heterocycles. The number of nitrogens with one attached hydrogen (secondary N) is 1. The fourth-order valence-corrected chi connectivity index (χ4v) is 1.33. The minimum absolute atomic E-state index is 0.000275. The molecule has 0 saturated carbocycles. The van der Waals surface area contributed by atoms with Crippen molar-refractivity contribution in [3.63, 3.8) is 0 Å². The van der Waals surface area contributed by atoms with Crippen molar-refractivity contribution < 1.29 is 19.7 Å². The number of alkyl carbamates (subject to hydrolysis) is 1. The zero-order valence-electron chi connectivity index (χ0n) is 12.6. The lowest BCUT2D eigenvalue weighted by molar-refractivity contribution is 0.0523. The minimum atomic E-state index is -0.489. The number of hydrogen-bond donors (Lipinski definition) is 3. The first-order chi connectivity index (χ1) is 9.32. The van der Waals surface area contributed by atoms with Crippen LogP contribution in [-0.4, -0.2) is 28.5 Å². The van der Waals surface area contributed by atoms with Crippen molar-refractivity contribution in [2.24, 2.45) is 0 Å². The molecule has 0 aromatic heterocycles. The number of carbonyl (C=O) groups excluding carboxylic acids is 1. The quantitative estimate of drug-likeness (QED) is 0.794. The Morgan fingerprint density at radius 1 is 1.25 bits per heavy atom. The largest absolute Gasteiger partial charge is 0.444 e. The normalized spacial score (nSPS) is 10.3. The monoisotopic (exact) mass is 283 g/mol. The van der Waals surface area contributed by atoms with Crippen molar-refractivity contribution in [1.82, 2.24) is 5.32 Å². The summed E-state index contributed by atoms with van der Waals surface area (Å²) in [5.74, 6) is 0. The van der Waals surface area contributed by atoms with Crippen LogP contribution < -0.4 is 5.32 Å². The Bertz CT molecular complexity index is 399. The molecule has 3 N–H and O–H groups in total. The number of rotatable bonds is 3. The zero-order valence-corrected chi connectivity index (χ0v) is 12.6. The SMILES string of the molecule is CC(C)(C)OC(=O)NCc1cccc(CO)c1.CCO. The van der Waals surface area contributed by atoms with Gasteiger partial charge in [0.1, 0.15) is 5.60 Å². The van der Waals surface area contributed by atoms with E-state index >= 15 is 0 Å². The molecule has 0 atom stereocenters. The average Bonchev–Trinajstić information content (AvgIpc) is 2.35. The smallest absolute Gasteiger partial charge is 0.407 e. The number of aliphatic hydroxyl groups is 2. The molecule has 1 amide bonds. The molecule has 20 heavy (non-hydrogen) atoms. The predicted molar refractivity (Wildman–Crippen MR) is 78.2 cm³/mol. The standard InChI is InChI=1S/C13H19NO3.C2H6O/c1-13(2,3)17-12(16)14-8-10-5-4-6-11(7-10)9-15;1-2-3/h4-7,15H,8-9H2,1-3H3,(H,14,16);3H,2H2,1H3. The van der Waals surface area contributed by atoms with E-state index in [1.54, 1.807) is 6.92 Å². The Morgan fingerprint density at radius 2 is 1.80 bits per heavy atom. The predicted octanol–water partition coefficient (Wildman–Crippen LogP) is 2.20. The fourth-order valence-electron chi connectivity index (χ4n) is 1.33. The van der Waals surface area contributed by atoms with Gasteiger partial charge >= 0.3 is 6.09 Å². The molecular weight excluding hydrogens is 258 g/mol. The van der Waals surface area contributed by atoms with Crippen LogP contribution in [0.3, 0.4) is 0 Å². The van der Waals surface area contributed by atoms with Crippen LogP contribution in [0.1, 0.15) is 38.8 Å². The summed E-state index contributed by atoms with van der Waals surface area (Å²) in [5, 5.41) is 19.2. The van der Waals surface area contributed by atoms with Gasteiger partial charge in [0.15, 0.2) is 0 Å². The maximum atomic E-state index is 11.4. The van der Waals surface area contributed by atoms with Gasteiger partial charge in [0.25, 0.3) is 0 Å². The summed E-state index contributed by atoms with van der Waals surface area (Å²) in [4.78, 5) is 11.4. The van der Waals surface area contributed by atoms with Crippen LogP contribution in [-0.2, 0) is 17.9 Å². The Kier molecular flexibility index (Phi) is 8.59. The zero-order chi connectivity index (χ0) is 15.6. The van der Waals surface area contributed by atoms with E-state index in [9.17, 15) is 4.79 Å². The van der Waals surface area contributed by atoms with Crippen molar-refractivity contribution in [2.75, 3.05) is 6.61 Å². The summed E-state index contributed by atoms with van der Waals surface area (Å²) in [6, 6.07) is 7.41. The van der Waals surface area contributed by atoms with Gasteiger partial charge in [-0.25, -0.2) is 4.79 Å². The van der Waals surface area contributed by atoms with Gasteiger partial charge in [-0.15, -0.1) is 0 Å². The van der Waals surface area contributed by atoms with Crippen LogP contribution >= 0.6 is 0 Å². The summed E-state index contributed by atoms with van der Waals surface area (Å²) in [6.45, 7) is 7.78. The lowest BCUT2D eigenvalue weighted by Crippen LogP contribution is -2.32. The van der Waals surface area contributed by atoms with Gasteiger partial charge < -0.3 is 20.3 Å². The fraction of sp³-hybridized carbons (Fsp3) is 0.533. The Morgan fingerprint density at radius 3 is 2.30 bits per heavy atom. The molecule has 1 rings (SSSR count). The van der Waals surface area contributed by atoms with E-state index in [-0.39, 0.29) is 13.2 Å². The Hall–Kier alpha value is -1.59. The van der Waals surface area contributed by atoms with Gasteiger partial charge in [-0.1, -0.05) is 24.3 Å². The summed E-state index contributed by atoms with van der Waals surface area (Å²) in [7, 11) is 0. The van der Waals surface area contributed by atoms with E-state index in [2.05, 4.69) is 5.32 Å². The van der Waals surface area contributed by atoms with E-state index in [0.717, 1.165) is 11.1 Å². The topological polar surface area (TPSA) is 78.8 Å². The van der Waals surface area contributed by atoms with Gasteiger partial charge in [-0.3, -0.25) is 0 Å². The number of hydrogen-bond acceptors (Lipinski definition) is 4. The van der Waals surface area contributed by atoms with Crippen LogP contribution in [0.15, 0.2) is 24.3 Å². The third-order valence-electron chi connectivity index (χ3n) is 2.01. The number of amides is 1. The highest BCUT2D eigenvalue weighted by molar-refractivity contribution is 5.67. The van der Waals surface area contributed by atoms with Gasteiger partial charge in [-0.2, -0.15) is 0 Å². The Labute approximate surface area is 120 Å². The highest BCUT2D eigenvalue weighted by Crippen LogP contribution is 2.08. The molecule has 0 radical (unpaired) electrons. The van der Waals surface area contributed by atoms with Crippen molar-refractivity contribution in [1.29, 1.82) is 0 Å². The van der Waals surface area contributed by atoms with Crippen LogP contribution in [0.5, 0.6) is 0 Å². The lowest BCUT2D eigenvalue weighted by atomic mass is 10.1. The molecule has 0 spiro atoms. The second kappa shape index (κ2) is 9.34. The van der Waals surface area contributed by atoms with Crippen LogP contribution in [0, 0.1) is 0 Å².